The van der Waals surface area contributed by atoms with Gasteiger partial charge in [-0.3, -0.25) is 14.6 Å². The third-order valence-electron chi connectivity index (χ3n) is 1.92. The van der Waals surface area contributed by atoms with Crippen molar-refractivity contribution in [1.82, 2.24) is 15.3 Å². The molecule has 0 spiro atoms. The van der Waals surface area contributed by atoms with Gasteiger partial charge in [-0.15, -0.1) is 0 Å². The van der Waals surface area contributed by atoms with Crippen LogP contribution in [0.2, 0.25) is 0 Å². The smallest absolute Gasteiger partial charge is 0.326 e. The van der Waals surface area contributed by atoms with E-state index in [-0.39, 0.29) is 11.2 Å². The van der Waals surface area contributed by atoms with E-state index in [0.29, 0.717) is 5.69 Å². The molecule has 1 rings (SSSR count). The second kappa shape index (κ2) is 5.39. The number of H-pyrrole nitrogens is 2. The van der Waals surface area contributed by atoms with Gasteiger partial charge in [0.15, 0.2) is 4.77 Å². The number of carboxylic acids is 1. The summed E-state index contributed by atoms with van der Waals surface area (Å²) >= 11 is 4.75. The van der Waals surface area contributed by atoms with Gasteiger partial charge in [-0.25, -0.2) is 4.79 Å². The van der Waals surface area contributed by atoms with Crippen molar-refractivity contribution >= 4 is 24.1 Å². The molecule has 0 saturated heterocycles. The Labute approximate surface area is 101 Å². The zero-order valence-corrected chi connectivity index (χ0v) is 9.76. The summed E-state index contributed by atoms with van der Waals surface area (Å²) in [5.74, 6) is -1.64. The Morgan fingerprint density at radius 1 is 1.53 bits per heavy atom. The van der Waals surface area contributed by atoms with Gasteiger partial charge in [-0.2, -0.15) is 0 Å². The van der Waals surface area contributed by atoms with Gasteiger partial charge in [0, 0.05) is 25.1 Å². The summed E-state index contributed by atoms with van der Waals surface area (Å²) in [5.41, 5.74) is -0.0735. The van der Waals surface area contributed by atoms with Crippen LogP contribution in [0.25, 0.3) is 0 Å². The van der Waals surface area contributed by atoms with Crippen LogP contribution in [0.1, 0.15) is 12.6 Å². The van der Waals surface area contributed by atoms with E-state index in [0.717, 1.165) is 0 Å². The molecule has 0 aliphatic carbocycles. The molecule has 1 atom stereocenters. The first-order valence-corrected chi connectivity index (χ1v) is 5.11. The normalized spacial score (nSPS) is 11.8. The van der Waals surface area contributed by atoms with Crippen molar-refractivity contribution < 1.29 is 14.7 Å². The van der Waals surface area contributed by atoms with Gasteiger partial charge in [-0.1, -0.05) is 0 Å². The number of carbonyl (C=O) groups is 2. The molecule has 1 amide bonds. The molecule has 0 radical (unpaired) electrons. The van der Waals surface area contributed by atoms with Gasteiger partial charge in [0.05, 0.1) is 0 Å². The first-order valence-electron chi connectivity index (χ1n) is 4.71. The van der Waals surface area contributed by atoms with Crippen LogP contribution in [0.3, 0.4) is 0 Å². The summed E-state index contributed by atoms with van der Waals surface area (Å²) in [4.78, 5) is 37.8. The number of amides is 1. The van der Waals surface area contributed by atoms with Crippen molar-refractivity contribution in [2.45, 2.75) is 19.4 Å². The van der Waals surface area contributed by atoms with Crippen molar-refractivity contribution in [2.24, 2.45) is 0 Å². The molecular weight excluding hydrogens is 246 g/mol. The van der Waals surface area contributed by atoms with Crippen LogP contribution >= 0.6 is 12.2 Å². The molecule has 1 aromatic rings. The van der Waals surface area contributed by atoms with Crippen LogP contribution in [0.5, 0.6) is 0 Å². The predicted octanol–water partition coefficient (Wildman–Crippen LogP) is -0.436. The van der Waals surface area contributed by atoms with E-state index in [1.165, 1.54) is 13.0 Å². The molecule has 0 saturated carbocycles. The molecule has 8 heteroatoms. The second-order valence-electron chi connectivity index (χ2n) is 3.41. The lowest BCUT2D eigenvalue weighted by atomic mass is 10.1. The molecule has 92 valence electrons. The quantitative estimate of drug-likeness (QED) is 0.546. The minimum absolute atomic E-state index is 0.0392. The van der Waals surface area contributed by atoms with Gasteiger partial charge in [-0.05, 0) is 12.2 Å². The van der Waals surface area contributed by atoms with Gasteiger partial charge in [0.2, 0.25) is 5.91 Å². The average molecular weight is 257 g/mol. The molecule has 0 aliphatic rings. The zero-order valence-electron chi connectivity index (χ0n) is 8.94. The number of hydrogen-bond acceptors (Lipinski definition) is 4. The minimum Gasteiger partial charge on any atom is -0.480 e. The zero-order chi connectivity index (χ0) is 13.0. The molecule has 0 aromatic carbocycles. The lowest BCUT2D eigenvalue weighted by molar-refractivity contribution is -0.141. The molecule has 0 fully saturated rings. The van der Waals surface area contributed by atoms with Gasteiger partial charge in [0.1, 0.15) is 6.04 Å². The van der Waals surface area contributed by atoms with Crippen molar-refractivity contribution in [3.05, 3.63) is 26.9 Å². The third-order valence-corrected chi connectivity index (χ3v) is 2.12. The van der Waals surface area contributed by atoms with E-state index in [1.807, 2.05) is 0 Å². The van der Waals surface area contributed by atoms with Gasteiger partial charge < -0.3 is 15.4 Å². The SMILES string of the molecule is CC(=O)NC(Cc1cc(=O)[nH]c(=S)[nH]1)C(=O)O. The van der Waals surface area contributed by atoms with Crippen LogP contribution in [0, 0.1) is 4.77 Å². The largest absolute Gasteiger partial charge is 0.480 e. The Morgan fingerprint density at radius 3 is 2.65 bits per heavy atom. The van der Waals surface area contributed by atoms with E-state index < -0.39 is 23.5 Å². The number of nitrogens with one attached hydrogen (secondary N) is 3. The molecule has 0 aliphatic heterocycles. The number of aromatic nitrogens is 2. The maximum atomic E-state index is 11.1. The number of hydrogen-bond donors (Lipinski definition) is 4. The Kier molecular flexibility index (Phi) is 4.16. The highest BCUT2D eigenvalue weighted by atomic mass is 32.1. The van der Waals surface area contributed by atoms with Crippen molar-refractivity contribution in [3.63, 3.8) is 0 Å². The fourth-order valence-electron chi connectivity index (χ4n) is 1.29. The topological polar surface area (TPSA) is 115 Å². The maximum Gasteiger partial charge on any atom is 0.326 e. The summed E-state index contributed by atoms with van der Waals surface area (Å²) in [7, 11) is 0. The van der Waals surface area contributed by atoms with Crippen LogP contribution in [-0.4, -0.2) is 33.0 Å². The summed E-state index contributed by atoms with van der Waals surface area (Å²) in [6.45, 7) is 1.22. The van der Waals surface area contributed by atoms with Crippen LogP contribution in [-0.2, 0) is 16.0 Å². The van der Waals surface area contributed by atoms with E-state index in [1.54, 1.807) is 0 Å². The number of rotatable bonds is 4. The van der Waals surface area contributed by atoms with Crippen LogP contribution < -0.4 is 10.9 Å². The van der Waals surface area contributed by atoms with E-state index in [9.17, 15) is 14.4 Å². The van der Waals surface area contributed by atoms with Crippen molar-refractivity contribution in [3.8, 4) is 0 Å². The van der Waals surface area contributed by atoms with E-state index >= 15 is 0 Å². The lowest BCUT2D eigenvalue weighted by Gasteiger charge is -2.12. The summed E-state index contributed by atoms with van der Waals surface area (Å²) in [6, 6.07) is 0.105. The molecule has 1 aromatic heterocycles. The first kappa shape index (κ1) is 13.1. The highest BCUT2D eigenvalue weighted by molar-refractivity contribution is 7.71. The summed E-state index contributed by atoms with van der Waals surface area (Å²) < 4.78 is 0.111. The Hall–Kier alpha value is -1.96. The molecule has 1 heterocycles. The number of carboxylic acid groups (broad SMARTS) is 1. The molecule has 4 N–H and O–H groups in total. The second-order valence-corrected chi connectivity index (χ2v) is 3.82. The maximum absolute atomic E-state index is 11.1. The standard InChI is InChI=1S/C9H11N3O4S/c1-4(13)10-6(8(15)16)2-5-3-7(14)12-9(17)11-5/h3,6H,2H2,1H3,(H,10,13)(H,15,16)(H2,11,12,14,17). The molecule has 7 nitrogen and oxygen atoms in total. The fraction of sp³-hybridized carbons (Fsp3) is 0.333. The Morgan fingerprint density at radius 2 is 2.18 bits per heavy atom. The molecule has 0 bridgehead atoms. The number of aliphatic carboxylic acids is 1. The summed E-state index contributed by atoms with van der Waals surface area (Å²) in [5, 5.41) is 11.1. The van der Waals surface area contributed by atoms with Crippen molar-refractivity contribution in [2.75, 3.05) is 0 Å². The van der Waals surface area contributed by atoms with E-state index in [4.69, 9.17) is 17.3 Å². The van der Waals surface area contributed by atoms with E-state index in [2.05, 4.69) is 15.3 Å². The lowest BCUT2D eigenvalue weighted by Crippen LogP contribution is -2.41. The molecule has 1 unspecified atom stereocenters. The predicted molar refractivity (Wildman–Crippen MR) is 61.2 cm³/mol. The minimum atomic E-state index is -1.18. The highest BCUT2D eigenvalue weighted by Gasteiger charge is 2.19. The first-order chi connectivity index (χ1) is 7.88. The summed E-state index contributed by atoms with van der Waals surface area (Å²) in [6.07, 6.45) is -0.0392. The molecule has 17 heavy (non-hydrogen) atoms. The average Bonchev–Trinajstić information content (AvgIpc) is 2.13. The Balaban J connectivity index is 2.93. The van der Waals surface area contributed by atoms with Gasteiger partial charge in [0.25, 0.3) is 5.56 Å². The van der Waals surface area contributed by atoms with Crippen molar-refractivity contribution in [1.29, 1.82) is 0 Å². The van der Waals surface area contributed by atoms with Crippen LogP contribution in [0.15, 0.2) is 10.9 Å². The number of carbonyl (C=O) groups excluding carboxylic acids is 1. The molecular formula is C9H11N3O4S. The van der Waals surface area contributed by atoms with Gasteiger partial charge >= 0.3 is 5.97 Å². The highest BCUT2D eigenvalue weighted by Crippen LogP contribution is 1.97. The monoisotopic (exact) mass is 257 g/mol. The third kappa shape index (κ3) is 4.19. The fourth-order valence-corrected chi connectivity index (χ4v) is 1.53. The Bertz CT molecular complexity index is 519. The number of aromatic amines is 2. The van der Waals surface area contributed by atoms with Crippen LogP contribution in [0.4, 0.5) is 0 Å².